The maximum atomic E-state index is 13.0. The predicted molar refractivity (Wildman–Crippen MR) is 140 cm³/mol. The van der Waals surface area contributed by atoms with Gasteiger partial charge in [0, 0.05) is 42.2 Å². The van der Waals surface area contributed by atoms with Crippen molar-refractivity contribution in [3.05, 3.63) is 99.2 Å². The van der Waals surface area contributed by atoms with Gasteiger partial charge in [-0.25, -0.2) is 0 Å². The standard InChI is InChI=1S/C27H25Cl2N3OS/c28-22-9-8-19(16-23(22)29)27(33)32-13-10-18(11-14-32)21(24-6-2-12-30-24)17-20-4-1-5-25(31-20)26-7-3-15-34-26/h1-9,12,15-16,18,21,30H,10-11,13-14,17H2. The Balaban J connectivity index is 1.30. The third-order valence-electron chi connectivity index (χ3n) is 6.59. The van der Waals surface area contributed by atoms with Crippen LogP contribution in [0.3, 0.4) is 0 Å². The van der Waals surface area contributed by atoms with Gasteiger partial charge in [0.25, 0.3) is 5.91 Å². The smallest absolute Gasteiger partial charge is 0.253 e. The lowest BCUT2D eigenvalue weighted by molar-refractivity contribution is 0.0676. The number of hydrogen-bond acceptors (Lipinski definition) is 3. The fraction of sp³-hybridized carbons (Fsp3) is 0.259. The summed E-state index contributed by atoms with van der Waals surface area (Å²) in [6.07, 6.45) is 4.74. The van der Waals surface area contributed by atoms with E-state index >= 15 is 0 Å². The Morgan fingerprint density at radius 2 is 1.91 bits per heavy atom. The number of piperidine rings is 1. The number of amides is 1. The molecule has 1 unspecified atom stereocenters. The first-order valence-corrected chi connectivity index (χ1v) is 13.1. The number of likely N-dealkylation sites (tertiary alicyclic amines) is 1. The first kappa shape index (κ1) is 23.2. The van der Waals surface area contributed by atoms with Crippen LogP contribution >= 0.6 is 34.5 Å². The van der Waals surface area contributed by atoms with Gasteiger partial charge in [-0.1, -0.05) is 35.3 Å². The molecule has 1 N–H and O–H groups in total. The van der Waals surface area contributed by atoms with Gasteiger partial charge in [0.15, 0.2) is 0 Å². The van der Waals surface area contributed by atoms with Gasteiger partial charge in [-0.2, -0.15) is 0 Å². The molecular weight excluding hydrogens is 485 g/mol. The third-order valence-corrected chi connectivity index (χ3v) is 8.22. The molecule has 1 fully saturated rings. The molecule has 0 bridgehead atoms. The molecule has 1 saturated heterocycles. The van der Waals surface area contributed by atoms with Gasteiger partial charge >= 0.3 is 0 Å². The number of nitrogens with zero attached hydrogens (tertiary/aromatic N) is 2. The molecule has 4 heterocycles. The summed E-state index contributed by atoms with van der Waals surface area (Å²) in [6.45, 7) is 1.45. The summed E-state index contributed by atoms with van der Waals surface area (Å²) in [5.74, 6) is 0.797. The number of pyridine rings is 1. The average Bonchev–Trinajstić information content (AvgIpc) is 3.59. The summed E-state index contributed by atoms with van der Waals surface area (Å²) in [6, 6.07) is 19.8. The maximum Gasteiger partial charge on any atom is 0.253 e. The van der Waals surface area contributed by atoms with Crippen LogP contribution in [0.15, 0.2) is 72.2 Å². The van der Waals surface area contributed by atoms with Gasteiger partial charge in [0.1, 0.15) is 0 Å². The van der Waals surface area contributed by atoms with Gasteiger partial charge in [-0.3, -0.25) is 9.78 Å². The number of nitrogens with one attached hydrogen (secondary N) is 1. The lowest BCUT2D eigenvalue weighted by atomic mass is 9.79. The van der Waals surface area contributed by atoms with Gasteiger partial charge in [-0.15, -0.1) is 11.3 Å². The van der Waals surface area contributed by atoms with Crippen LogP contribution in [-0.4, -0.2) is 33.9 Å². The summed E-state index contributed by atoms with van der Waals surface area (Å²) >= 11 is 13.9. The second-order valence-electron chi connectivity index (χ2n) is 8.69. The number of thiophene rings is 1. The summed E-state index contributed by atoms with van der Waals surface area (Å²) in [4.78, 5) is 24.5. The Morgan fingerprint density at radius 1 is 1.06 bits per heavy atom. The van der Waals surface area contributed by atoms with Gasteiger partial charge in [-0.05, 0) is 79.1 Å². The van der Waals surface area contributed by atoms with E-state index in [0.717, 1.165) is 43.7 Å². The highest BCUT2D eigenvalue weighted by Crippen LogP contribution is 2.35. The molecule has 1 atom stereocenters. The normalized spacial score (nSPS) is 15.4. The van der Waals surface area contributed by atoms with Crippen LogP contribution in [0.25, 0.3) is 10.6 Å². The van der Waals surface area contributed by atoms with Crippen LogP contribution in [0.5, 0.6) is 0 Å². The van der Waals surface area contributed by atoms with Crippen LogP contribution in [0.1, 0.15) is 40.5 Å². The zero-order valence-electron chi connectivity index (χ0n) is 18.6. The van der Waals surface area contributed by atoms with E-state index in [-0.39, 0.29) is 5.91 Å². The van der Waals surface area contributed by atoms with Crippen molar-refractivity contribution in [1.29, 1.82) is 0 Å². The first-order chi connectivity index (χ1) is 16.6. The molecule has 1 aliphatic rings. The second-order valence-corrected chi connectivity index (χ2v) is 10.4. The Morgan fingerprint density at radius 3 is 2.62 bits per heavy atom. The van der Waals surface area contributed by atoms with Crippen molar-refractivity contribution in [3.8, 4) is 10.6 Å². The number of H-pyrrole nitrogens is 1. The Labute approximate surface area is 213 Å². The lowest BCUT2D eigenvalue weighted by Crippen LogP contribution is -2.40. The molecular formula is C27H25Cl2N3OS. The van der Waals surface area contributed by atoms with Crippen molar-refractivity contribution in [2.24, 2.45) is 5.92 Å². The topological polar surface area (TPSA) is 49.0 Å². The highest BCUT2D eigenvalue weighted by molar-refractivity contribution is 7.13. The van der Waals surface area contributed by atoms with Crippen molar-refractivity contribution in [2.45, 2.75) is 25.2 Å². The molecule has 1 amide bonds. The lowest BCUT2D eigenvalue weighted by Gasteiger charge is -2.36. The van der Waals surface area contributed by atoms with Gasteiger partial charge in [0.2, 0.25) is 0 Å². The maximum absolute atomic E-state index is 13.0. The second kappa shape index (κ2) is 10.3. The SMILES string of the molecule is O=C(c1ccc(Cl)c(Cl)c1)N1CCC(C(Cc2cccc(-c3cccs3)n2)c2ccc[nH]2)CC1. The van der Waals surface area contributed by atoms with Crippen molar-refractivity contribution >= 4 is 40.4 Å². The molecule has 4 aromatic rings. The van der Waals surface area contributed by atoms with E-state index in [0.29, 0.717) is 27.4 Å². The number of carbonyl (C=O) groups is 1. The quantitative estimate of drug-likeness (QED) is 0.295. The Bertz CT molecular complexity index is 1250. The van der Waals surface area contributed by atoms with Crippen LogP contribution in [0, 0.1) is 5.92 Å². The molecule has 0 spiro atoms. The minimum Gasteiger partial charge on any atom is -0.365 e. The largest absolute Gasteiger partial charge is 0.365 e. The molecule has 0 aliphatic carbocycles. The van der Waals surface area contributed by atoms with E-state index in [2.05, 4.69) is 52.8 Å². The highest BCUT2D eigenvalue weighted by Gasteiger charge is 2.31. The molecule has 3 aromatic heterocycles. The van der Waals surface area contributed by atoms with Crippen molar-refractivity contribution in [3.63, 3.8) is 0 Å². The highest BCUT2D eigenvalue weighted by atomic mass is 35.5. The molecule has 0 saturated carbocycles. The zero-order chi connectivity index (χ0) is 23.5. The van der Waals surface area contributed by atoms with E-state index < -0.39 is 0 Å². The number of rotatable bonds is 6. The predicted octanol–water partition coefficient (Wildman–Crippen LogP) is 7.32. The minimum absolute atomic E-state index is 0.0127. The average molecular weight is 510 g/mol. The van der Waals surface area contributed by atoms with E-state index in [9.17, 15) is 4.79 Å². The summed E-state index contributed by atoms with van der Waals surface area (Å²) in [5, 5.41) is 2.95. The zero-order valence-corrected chi connectivity index (χ0v) is 20.9. The minimum atomic E-state index is 0.0127. The number of hydrogen-bond donors (Lipinski definition) is 1. The van der Waals surface area contributed by atoms with Crippen LogP contribution in [-0.2, 0) is 6.42 Å². The summed E-state index contributed by atoms with van der Waals surface area (Å²) < 4.78 is 0. The fourth-order valence-corrected chi connectivity index (χ4v) is 5.80. The first-order valence-electron chi connectivity index (χ1n) is 11.5. The van der Waals surface area contributed by atoms with Crippen LogP contribution in [0.4, 0.5) is 0 Å². The van der Waals surface area contributed by atoms with Crippen LogP contribution in [0.2, 0.25) is 10.0 Å². The van der Waals surface area contributed by atoms with Gasteiger partial charge in [0.05, 0.1) is 20.6 Å². The molecule has 1 aromatic carbocycles. The molecule has 1 aliphatic heterocycles. The van der Waals surface area contributed by atoms with E-state index in [1.54, 1.807) is 29.5 Å². The monoisotopic (exact) mass is 509 g/mol. The molecule has 4 nitrogen and oxygen atoms in total. The number of carbonyl (C=O) groups excluding carboxylic acids is 1. The fourth-order valence-electron chi connectivity index (χ4n) is 4.80. The van der Waals surface area contributed by atoms with Gasteiger partial charge < -0.3 is 9.88 Å². The Hall–Kier alpha value is -2.60. The number of halogens is 2. The van der Waals surface area contributed by atoms with E-state index in [1.807, 2.05) is 11.1 Å². The van der Waals surface area contributed by atoms with Crippen LogP contribution < -0.4 is 0 Å². The number of aromatic amines is 1. The molecule has 5 rings (SSSR count). The van der Waals surface area contributed by atoms with Crippen molar-refractivity contribution in [1.82, 2.24) is 14.9 Å². The van der Waals surface area contributed by atoms with Crippen molar-refractivity contribution in [2.75, 3.05) is 13.1 Å². The molecule has 0 radical (unpaired) electrons. The summed E-state index contributed by atoms with van der Waals surface area (Å²) in [5.41, 5.74) is 3.94. The van der Waals surface area contributed by atoms with E-state index in [4.69, 9.17) is 28.2 Å². The number of aromatic nitrogens is 2. The van der Waals surface area contributed by atoms with Crippen molar-refractivity contribution < 1.29 is 4.79 Å². The molecule has 174 valence electrons. The third kappa shape index (κ3) is 5.07. The molecule has 34 heavy (non-hydrogen) atoms. The molecule has 7 heteroatoms. The Kier molecular flexibility index (Phi) is 7.05. The summed E-state index contributed by atoms with van der Waals surface area (Å²) in [7, 11) is 0. The number of benzene rings is 1. The van der Waals surface area contributed by atoms with E-state index in [1.165, 1.54) is 10.6 Å².